The fraction of sp³-hybridized carbons (Fsp3) is 0.783. The van der Waals surface area contributed by atoms with Crippen molar-refractivity contribution in [3.05, 3.63) is 0 Å². The number of amides is 3. The molecule has 0 aliphatic carbocycles. The number of likely N-dealkylation sites (tertiary alicyclic amines) is 1. The lowest BCUT2D eigenvalue weighted by Crippen LogP contribution is -2.57. The first-order chi connectivity index (χ1) is 17.0. The van der Waals surface area contributed by atoms with Crippen molar-refractivity contribution >= 4 is 29.7 Å². The summed E-state index contributed by atoms with van der Waals surface area (Å²) in [6.07, 6.45) is 3.84. The molecule has 11 N–H and O–H groups in total. The highest BCUT2D eigenvalue weighted by atomic mass is 16.4. The smallest absolute Gasteiger partial charge is 0.326 e. The summed E-state index contributed by atoms with van der Waals surface area (Å²) in [4.78, 5) is 56.1. The topological polar surface area (TPSA) is 232 Å². The van der Waals surface area contributed by atoms with Crippen molar-refractivity contribution in [1.29, 1.82) is 0 Å². The van der Waals surface area contributed by atoms with E-state index < -0.39 is 42.0 Å². The van der Waals surface area contributed by atoms with Crippen molar-refractivity contribution in [2.75, 3.05) is 19.6 Å². The second kappa shape index (κ2) is 15.9. The zero-order valence-corrected chi connectivity index (χ0v) is 21.4. The molecule has 1 saturated heterocycles. The molecule has 1 fully saturated rings. The molecule has 13 heteroatoms. The van der Waals surface area contributed by atoms with Crippen molar-refractivity contribution in [3.63, 3.8) is 0 Å². The number of nitrogens with zero attached hydrogens (tertiary/aromatic N) is 2. The number of nitrogens with one attached hydrogen (secondary N) is 2. The van der Waals surface area contributed by atoms with Crippen molar-refractivity contribution in [3.8, 4) is 0 Å². The Morgan fingerprint density at radius 3 is 2.33 bits per heavy atom. The van der Waals surface area contributed by atoms with E-state index in [9.17, 15) is 24.3 Å². The number of rotatable bonds is 16. The molecule has 0 aromatic rings. The van der Waals surface area contributed by atoms with Gasteiger partial charge in [0.1, 0.15) is 18.1 Å². The average molecular weight is 513 g/mol. The molecule has 0 bridgehead atoms. The minimum absolute atomic E-state index is 0.0601. The summed E-state index contributed by atoms with van der Waals surface area (Å²) in [6.45, 7) is 4.82. The van der Waals surface area contributed by atoms with Gasteiger partial charge in [-0.15, -0.1) is 0 Å². The molecule has 1 aliphatic heterocycles. The maximum atomic E-state index is 13.5. The number of unbranched alkanes of at least 4 members (excludes halogenated alkanes) is 1. The first-order valence-electron chi connectivity index (χ1n) is 12.7. The van der Waals surface area contributed by atoms with E-state index in [0.29, 0.717) is 58.0 Å². The molecule has 0 spiro atoms. The molecule has 0 aromatic heterocycles. The predicted octanol–water partition coefficient (Wildman–Crippen LogP) is -1.41. The number of hydrogen-bond donors (Lipinski definition) is 7. The van der Waals surface area contributed by atoms with Crippen LogP contribution >= 0.6 is 0 Å². The Labute approximate surface area is 212 Å². The van der Waals surface area contributed by atoms with Gasteiger partial charge in [0.15, 0.2) is 5.96 Å². The summed E-state index contributed by atoms with van der Waals surface area (Å²) in [5.41, 5.74) is 22.2. The van der Waals surface area contributed by atoms with Gasteiger partial charge in [-0.2, -0.15) is 0 Å². The standard InChI is InChI=1S/C23H44N8O5/c1-3-14(2)18(25)20(33)29-15(8-4-5-11-24)21(34)31-13-7-10-17(31)19(32)30-16(22(35)36)9-6-12-28-23(26)27/h14-18H,3-13,24-25H2,1-2H3,(H,29,33)(H,30,32)(H,35,36)(H4,26,27,28). The fourth-order valence-electron chi connectivity index (χ4n) is 4.06. The van der Waals surface area contributed by atoms with Crippen molar-refractivity contribution in [2.24, 2.45) is 33.8 Å². The number of carboxylic acid groups (broad SMARTS) is 1. The van der Waals surface area contributed by atoms with E-state index in [1.807, 2.05) is 13.8 Å². The van der Waals surface area contributed by atoms with Gasteiger partial charge in [-0.25, -0.2) is 4.79 Å². The van der Waals surface area contributed by atoms with Gasteiger partial charge in [0, 0.05) is 13.1 Å². The number of carboxylic acids is 1. The average Bonchev–Trinajstić information content (AvgIpc) is 3.33. The molecule has 36 heavy (non-hydrogen) atoms. The van der Waals surface area contributed by atoms with Gasteiger partial charge in [0.25, 0.3) is 0 Å². The van der Waals surface area contributed by atoms with Crippen LogP contribution in [-0.4, -0.2) is 83.5 Å². The summed E-state index contributed by atoms with van der Waals surface area (Å²) in [5, 5.41) is 14.8. The zero-order chi connectivity index (χ0) is 27.3. The molecule has 3 amide bonds. The van der Waals surface area contributed by atoms with E-state index in [1.54, 1.807) is 0 Å². The van der Waals surface area contributed by atoms with Crippen LogP contribution in [0.4, 0.5) is 0 Å². The SMILES string of the molecule is CCC(C)C(N)C(=O)NC(CCCCN)C(=O)N1CCCC1C(=O)NC(CCCN=C(N)N)C(=O)O. The van der Waals surface area contributed by atoms with Gasteiger partial charge in [-0.05, 0) is 57.4 Å². The molecule has 206 valence electrons. The van der Waals surface area contributed by atoms with Crippen LogP contribution in [0.1, 0.15) is 65.2 Å². The molecular formula is C23H44N8O5. The van der Waals surface area contributed by atoms with Gasteiger partial charge >= 0.3 is 5.97 Å². The van der Waals surface area contributed by atoms with Gasteiger partial charge < -0.3 is 43.6 Å². The third-order valence-electron chi connectivity index (χ3n) is 6.52. The first kappa shape index (κ1) is 31.1. The van der Waals surface area contributed by atoms with Gasteiger partial charge in [-0.3, -0.25) is 19.4 Å². The van der Waals surface area contributed by atoms with Gasteiger partial charge in [-0.1, -0.05) is 20.3 Å². The molecule has 13 nitrogen and oxygen atoms in total. The quantitative estimate of drug-likeness (QED) is 0.0729. The van der Waals surface area contributed by atoms with Crippen LogP contribution in [-0.2, 0) is 19.2 Å². The van der Waals surface area contributed by atoms with E-state index in [1.165, 1.54) is 4.90 Å². The lowest BCUT2D eigenvalue weighted by molar-refractivity contribution is -0.145. The Hall–Kier alpha value is -2.93. The highest BCUT2D eigenvalue weighted by Gasteiger charge is 2.39. The Kier molecular flexibility index (Phi) is 13.8. The monoisotopic (exact) mass is 512 g/mol. The zero-order valence-electron chi connectivity index (χ0n) is 21.4. The van der Waals surface area contributed by atoms with E-state index in [-0.39, 0.29) is 30.8 Å². The molecule has 0 radical (unpaired) electrons. The maximum absolute atomic E-state index is 13.5. The highest BCUT2D eigenvalue weighted by molar-refractivity contribution is 5.94. The molecule has 1 rings (SSSR count). The minimum atomic E-state index is -1.19. The van der Waals surface area contributed by atoms with Gasteiger partial charge in [0.05, 0.1) is 6.04 Å². The Morgan fingerprint density at radius 2 is 1.75 bits per heavy atom. The van der Waals surface area contributed by atoms with Crippen molar-refractivity contribution in [1.82, 2.24) is 15.5 Å². The van der Waals surface area contributed by atoms with Crippen LogP contribution in [0.15, 0.2) is 4.99 Å². The Balaban J connectivity index is 2.91. The summed E-state index contributed by atoms with van der Waals surface area (Å²) in [7, 11) is 0. The number of carbonyl (C=O) groups is 4. The van der Waals surface area contributed by atoms with Crippen molar-refractivity contribution in [2.45, 2.75) is 89.4 Å². The second-order valence-corrected chi connectivity index (χ2v) is 9.29. The molecule has 5 atom stereocenters. The number of nitrogens with two attached hydrogens (primary N) is 4. The lowest BCUT2D eigenvalue weighted by atomic mass is 9.98. The molecule has 5 unspecified atom stereocenters. The summed E-state index contributed by atoms with van der Waals surface area (Å²) < 4.78 is 0. The number of hydrogen-bond acceptors (Lipinski definition) is 7. The summed E-state index contributed by atoms with van der Waals surface area (Å²) in [5.74, 6) is -2.68. The number of aliphatic carboxylic acids is 1. The van der Waals surface area contributed by atoms with E-state index in [4.69, 9.17) is 22.9 Å². The molecule has 0 saturated carbocycles. The largest absolute Gasteiger partial charge is 0.480 e. The Bertz CT molecular complexity index is 774. The van der Waals surface area contributed by atoms with Gasteiger partial charge in [0.2, 0.25) is 17.7 Å². The second-order valence-electron chi connectivity index (χ2n) is 9.29. The van der Waals surface area contributed by atoms with Crippen LogP contribution in [0.2, 0.25) is 0 Å². The Morgan fingerprint density at radius 1 is 1.08 bits per heavy atom. The minimum Gasteiger partial charge on any atom is -0.480 e. The van der Waals surface area contributed by atoms with Crippen LogP contribution in [0.3, 0.4) is 0 Å². The number of guanidine groups is 1. The lowest BCUT2D eigenvalue weighted by Gasteiger charge is -2.30. The molecule has 0 aromatic carbocycles. The highest BCUT2D eigenvalue weighted by Crippen LogP contribution is 2.21. The van der Waals surface area contributed by atoms with Crippen molar-refractivity contribution < 1.29 is 24.3 Å². The summed E-state index contributed by atoms with van der Waals surface area (Å²) in [6, 6.07) is -3.57. The molecule has 1 aliphatic rings. The predicted molar refractivity (Wildman–Crippen MR) is 136 cm³/mol. The van der Waals surface area contributed by atoms with E-state index in [2.05, 4.69) is 15.6 Å². The number of carbonyl (C=O) groups excluding carboxylic acids is 3. The normalized spacial score (nSPS) is 18.6. The molecular weight excluding hydrogens is 468 g/mol. The molecule has 1 heterocycles. The fourth-order valence-corrected chi connectivity index (χ4v) is 4.06. The van der Waals surface area contributed by atoms with Crippen LogP contribution < -0.4 is 33.6 Å². The third-order valence-corrected chi connectivity index (χ3v) is 6.52. The summed E-state index contributed by atoms with van der Waals surface area (Å²) >= 11 is 0. The van der Waals surface area contributed by atoms with E-state index >= 15 is 0 Å². The van der Waals surface area contributed by atoms with Crippen LogP contribution in [0.5, 0.6) is 0 Å². The van der Waals surface area contributed by atoms with Crippen LogP contribution in [0.25, 0.3) is 0 Å². The first-order valence-corrected chi connectivity index (χ1v) is 12.7. The number of aliphatic imine (C=N–C) groups is 1. The maximum Gasteiger partial charge on any atom is 0.326 e. The van der Waals surface area contributed by atoms with Crippen LogP contribution in [0, 0.1) is 5.92 Å². The van der Waals surface area contributed by atoms with E-state index in [0.717, 1.165) is 0 Å². The third kappa shape index (κ3) is 9.97.